The zero-order chi connectivity index (χ0) is 23.0. The average molecular weight is 451 g/mol. The van der Waals surface area contributed by atoms with Gasteiger partial charge >= 0.3 is 6.18 Å². The van der Waals surface area contributed by atoms with Crippen molar-refractivity contribution in [3.05, 3.63) is 59.2 Å². The van der Waals surface area contributed by atoms with Crippen molar-refractivity contribution < 1.29 is 27.4 Å². The van der Waals surface area contributed by atoms with Crippen molar-refractivity contribution in [2.75, 3.05) is 26.3 Å². The van der Waals surface area contributed by atoms with Crippen molar-refractivity contribution in [1.29, 1.82) is 0 Å². The van der Waals surface area contributed by atoms with Gasteiger partial charge in [-0.05, 0) is 43.9 Å². The topological polar surface area (TPSA) is 50.8 Å². The lowest BCUT2D eigenvalue weighted by atomic mass is 10.1. The molecule has 2 aromatic rings. The highest BCUT2D eigenvalue weighted by atomic mass is 19.4. The molecule has 8 heteroatoms. The Kier molecular flexibility index (Phi) is 8.39. The summed E-state index contributed by atoms with van der Waals surface area (Å²) in [6.45, 7) is 3.57. The predicted molar refractivity (Wildman–Crippen MR) is 116 cm³/mol. The molecule has 32 heavy (non-hydrogen) atoms. The highest BCUT2D eigenvalue weighted by molar-refractivity contribution is 5.78. The van der Waals surface area contributed by atoms with Gasteiger partial charge in [0.15, 0.2) is 11.5 Å². The third-order valence-electron chi connectivity index (χ3n) is 5.23. The molecule has 174 valence electrons. The Balaban J connectivity index is 1.95. The molecule has 1 N–H and O–H groups in total. The highest BCUT2D eigenvalue weighted by Crippen LogP contribution is 2.35. The molecule has 0 unspecified atom stereocenters. The van der Waals surface area contributed by atoms with Crippen molar-refractivity contribution in [3.8, 4) is 11.5 Å². The van der Waals surface area contributed by atoms with Gasteiger partial charge in [-0.25, -0.2) is 0 Å². The molecule has 0 spiro atoms. The van der Waals surface area contributed by atoms with Crippen LogP contribution in [0.25, 0.3) is 0 Å². The third-order valence-corrected chi connectivity index (χ3v) is 5.23. The van der Waals surface area contributed by atoms with Gasteiger partial charge in [0, 0.05) is 25.2 Å². The van der Waals surface area contributed by atoms with Crippen LogP contribution in [0.4, 0.5) is 13.2 Å². The van der Waals surface area contributed by atoms with E-state index in [1.54, 1.807) is 11.0 Å². The van der Waals surface area contributed by atoms with Gasteiger partial charge in [-0.1, -0.05) is 30.3 Å². The summed E-state index contributed by atoms with van der Waals surface area (Å²) in [5, 5.41) is 2.87. The van der Waals surface area contributed by atoms with Crippen LogP contribution in [0.3, 0.4) is 0 Å². The summed E-state index contributed by atoms with van der Waals surface area (Å²) in [5.41, 5.74) is 0.205. The Morgan fingerprint density at radius 3 is 2.66 bits per heavy atom. The number of carbonyl (C=O) groups is 1. The Labute approximate surface area is 186 Å². The van der Waals surface area contributed by atoms with Crippen LogP contribution >= 0.6 is 0 Å². The summed E-state index contributed by atoms with van der Waals surface area (Å²) in [6, 6.07) is 11.0. The van der Waals surface area contributed by atoms with Gasteiger partial charge in [0.05, 0.1) is 25.3 Å². The van der Waals surface area contributed by atoms with Crippen LogP contribution in [0.5, 0.6) is 11.5 Å². The second-order valence-electron chi connectivity index (χ2n) is 7.74. The first-order valence-electron chi connectivity index (χ1n) is 10.9. The van der Waals surface area contributed by atoms with Gasteiger partial charge in [-0.15, -0.1) is 0 Å². The monoisotopic (exact) mass is 450 g/mol. The maximum absolute atomic E-state index is 13.5. The predicted octanol–water partition coefficient (Wildman–Crippen LogP) is 4.79. The SMILES string of the molecule is CCOc1cccc2c1OCCCCCNC(=O)CN(Cc1ccccc1C(F)(F)F)C2. The normalized spacial score (nSPS) is 16.6. The summed E-state index contributed by atoms with van der Waals surface area (Å²) in [6.07, 6.45) is -1.92. The van der Waals surface area contributed by atoms with Crippen molar-refractivity contribution in [2.24, 2.45) is 0 Å². The molecule has 0 atom stereocenters. The summed E-state index contributed by atoms with van der Waals surface area (Å²) < 4.78 is 52.4. The van der Waals surface area contributed by atoms with Gasteiger partial charge < -0.3 is 14.8 Å². The number of carbonyl (C=O) groups excluding carboxylic acids is 1. The molecule has 0 fully saturated rings. The maximum atomic E-state index is 13.5. The first kappa shape index (κ1) is 23.9. The first-order valence-corrected chi connectivity index (χ1v) is 10.9. The van der Waals surface area contributed by atoms with Crippen LogP contribution in [0.2, 0.25) is 0 Å². The van der Waals surface area contributed by atoms with E-state index in [0.717, 1.165) is 30.9 Å². The molecule has 0 bridgehead atoms. The second-order valence-corrected chi connectivity index (χ2v) is 7.74. The second kappa shape index (κ2) is 11.2. The van der Waals surface area contributed by atoms with Gasteiger partial charge in [-0.3, -0.25) is 9.69 Å². The molecule has 1 heterocycles. The fourth-order valence-electron chi connectivity index (χ4n) is 3.77. The minimum Gasteiger partial charge on any atom is -0.490 e. The van der Waals surface area contributed by atoms with Crippen LogP contribution in [-0.2, 0) is 24.1 Å². The van der Waals surface area contributed by atoms with Crippen molar-refractivity contribution in [3.63, 3.8) is 0 Å². The Morgan fingerprint density at radius 1 is 1.06 bits per heavy atom. The van der Waals surface area contributed by atoms with E-state index in [1.807, 2.05) is 25.1 Å². The molecule has 1 amide bonds. The number of alkyl halides is 3. The van der Waals surface area contributed by atoms with Gasteiger partial charge in [-0.2, -0.15) is 13.2 Å². The number of fused-ring (bicyclic) bond motifs is 1. The number of hydrogen-bond donors (Lipinski definition) is 1. The number of nitrogens with zero attached hydrogens (tertiary/aromatic N) is 1. The van der Waals surface area contributed by atoms with Crippen LogP contribution < -0.4 is 14.8 Å². The fraction of sp³-hybridized carbons (Fsp3) is 0.458. The quantitative estimate of drug-likeness (QED) is 0.728. The number of rotatable bonds is 4. The summed E-state index contributed by atoms with van der Waals surface area (Å²) in [5.74, 6) is 0.972. The van der Waals surface area contributed by atoms with E-state index in [2.05, 4.69) is 5.32 Å². The van der Waals surface area contributed by atoms with E-state index in [1.165, 1.54) is 12.1 Å². The number of hydrogen-bond acceptors (Lipinski definition) is 4. The van der Waals surface area contributed by atoms with Gasteiger partial charge in [0.25, 0.3) is 0 Å². The molecule has 5 nitrogen and oxygen atoms in total. The summed E-state index contributed by atoms with van der Waals surface area (Å²) >= 11 is 0. The van der Waals surface area contributed by atoms with Crippen LogP contribution in [0, 0.1) is 0 Å². The number of ether oxygens (including phenoxy) is 2. The summed E-state index contributed by atoms with van der Waals surface area (Å²) in [4.78, 5) is 14.2. The van der Waals surface area contributed by atoms with Gasteiger partial charge in [0.2, 0.25) is 5.91 Å². The molecule has 0 aliphatic carbocycles. The molecule has 1 aliphatic rings. The van der Waals surface area contributed by atoms with Crippen molar-refractivity contribution >= 4 is 5.91 Å². The van der Waals surface area contributed by atoms with Crippen LogP contribution in [-0.4, -0.2) is 37.1 Å². The minimum absolute atomic E-state index is 0.0233. The molecular formula is C24H29F3N2O3. The van der Waals surface area contributed by atoms with Gasteiger partial charge in [0.1, 0.15) is 0 Å². The van der Waals surface area contributed by atoms with Crippen molar-refractivity contribution in [2.45, 2.75) is 45.5 Å². The largest absolute Gasteiger partial charge is 0.490 e. The number of halogens is 3. The molecule has 3 rings (SSSR count). The standard InChI is InChI=1S/C24H29F3N2O3/c1-2-31-21-12-8-10-19-16-29(15-18-9-4-5-11-20(18)24(25,26)27)17-22(30)28-13-6-3-7-14-32-23(19)21/h4-5,8-12H,2-3,6-7,13-17H2,1H3,(H,28,30). The third kappa shape index (κ3) is 6.63. The Hall–Kier alpha value is -2.74. The maximum Gasteiger partial charge on any atom is 0.416 e. The fourth-order valence-corrected chi connectivity index (χ4v) is 3.77. The minimum atomic E-state index is -4.47. The Morgan fingerprint density at radius 2 is 1.88 bits per heavy atom. The van der Waals surface area contributed by atoms with Crippen molar-refractivity contribution in [1.82, 2.24) is 10.2 Å². The lowest BCUT2D eigenvalue weighted by Crippen LogP contribution is -2.37. The van der Waals surface area contributed by atoms with Crippen LogP contribution in [0.1, 0.15) is 42.9 Å². The molecule has 0 aromatic heterocycles. The number of amides is 1. The highest BCUT2D eigenvalue weighted by Gasteiger charge is 2.33. The van der Waals surface area contributed by atoms with E-state index in [-0.39, 0.29) is 31.1 Å². The van der Waals surface area contributed by atoms with E-state index in [0.29, 0.717) is 31.3 Å². The average Bonchev–Trinajstić information content (AvgIpc) is 2.75. The molecule has 0 radical (unpaired) electrons. The number of benzene rings is 2. The van der Waals surface area contributed by atoms with E-state index >= 15 is 0 Å². The molecule has 2 aromatic carbocycles. The Bertz CT molecular complexity index is 902. The molecule has 1 aliphatic heterocycles. The number of nitrogens with one attached hydrogen (secondary N) is 1. The molecular weight excluding hydrogens is 421 g/mol. The van der Waals surface area contributed by atoms with Crippen LogP contribution in [0.15, 0.2) is 42.5 Å². The molecule has 0 saturated carbocycles. The van der Waals surface area contributed by atoms with E-state index < -0.39 is 11.7 Å². The summed E-state index contributed by atoms with van der Waals surface area (Å²) in [7, 11) is 0. The van der Waals surface area contributed by atoms with E-state index in [4.69, 9.17) is 9.47 Å². The zero-order valence-electron chi connectivity index (χ0n) is 18.2. The lowest BCUT2D eigenvalue weighted by Gasteiger charge is -2.25. The smallest absolute Gasteiger partial charge is 0.416 e. The number of para-hydroxylation sites is 1. The molecule has 0 saturated heterocycles. The van der Waals surface area contributed by atoms with E-state index in [9.17, 15) is 18.0 Å². The first-order chi connectivity index (χ1) is 15.4. The zero-order valence-corrected chi connectivity index (χ0v) is 18.2. The lowest BCUT2D eigenvalue weighted by molar-refractivity contribution is -0.138.